The van der Waals surface area contributed by atoms with Crippen LogP contribution in [0.4, 0.5) is 5.69 Å². The molecule has 1 saturated heterocycles. The smallest absolute Gasteiger partial charge is 0.258 e. The quantitative estimate of drug-likeness (QED) is 0.677. The number of H-pyrrole nitrogens is 1. The fourth-order valence-corrected chi connectivity index (χ4v) is 3.46. The Kier molecular flexibility index (Phi) is 5.58. The Balaban J connectivity index is 1.47. The highest BCUT2D eigenvalue weighted by molar-refractivity contribution is 5.98. The third-order valence-electron chi connectivity index (χ3n) is 4.99. The number of aromatic amines is 1. The number of carbonyl (C=O) groups is 2. The number of hydrogen-bond acceptors (Lipinski definition) is 5. The van der Waals surface area contributed by atoms with Crippen molar-refractivity contribution in [2.45, 2.75) is 25.5 Å². The summed E-state index contributed by atoms with van der Waals surface area (Å²) in [5.41, 5.74) is 1.30. The van der Waals surface area contributed by atoms with E-state index in [2.05, 4.69) is 15.3 Å². The van der Waals surface area contributed by atoms with Crippen molar-refractivity contribution in [2.24, 2.45) is 0 Å². The van der Waals surface area contributed by atoms with Gasteiger partial charge in [-0.3, -0.25) is 14.4 Å². The van der Waals surface area contributed by atoms with E-state index in [0.717, 1.165) is 6.42 Å². The SMILES string of the molecule is CN(Cc1nc2ccccc2c(=O)[nH]1)C(=O)c1cccc(NC(=O)C2CCCO2)c1. The van der Waals surface area contributed by atoms with Crippen LogP contribution in [0.25, 0.3) is 10.9 Å². The zero-order valence-electron chi connectivity index (χ0n) is 16.6. The summed E-state index contributed by atoms with van der Waals surface area (Å²) in [6.45, 7) is 0.734. The van der Waals surface area contributed by atoms with E-state index < -0.39 is 6.10 Å². The molecule has 1 fully saturated rings. The molecule has 0 radical (unpaired) electrons. The van der Waals surface area contributed by atoms with E-state index in [-0.39, 0.29) is 23.9 Å². The Morgan fingerprint density at radius 1 is 1.23 bits per heavy atom. The number of ether oxygens (including phenoxy) is 1. The first-order valence-electron chi connectivity index (χ1n) is 9.77. The molecule has 1 aliphatic rings. The minimum atomic E-state index is -0.442. The predicted molar refractivity (Wildman–Crippen MR) is 112 cm³/mol. The van der Waals surface area contributed by atoms with Gasteiger partial charge in [0.1, 0.15) is 11.9 Å². The van der Waals surface area contributed by atoms with Gasteiger partial charge < -0.3 is 19.9 Å². The highest BCUT2D eigenvalue weighted by Gasteiger charge is 2.24. The number of nitrogens with zero attached hydrogens (tertiary/aromatic N) is 2. The molecule has 0 spiro atoms. The molecule has 2 heterocycles. The maximum absolute atomic E-state index is 12.9. The lowest BCUT2D eigenvalue weighted by Crippen LogP contribution is -2.29. The summed E-state index contributed by atoms with van der Waals surface area (Å²) >= 11 is 0. The molecule has 8 nitrogen and oxygen atoms in total. The average molecular weight is 406 g/mol. The first-order chi connectivity index (χ1) is 14.5. The molecule has 2 aromatic carbocycles. The number of aromatic nitrogens is 2. The Labute approximate surface area is 172 Å². The fraction of sp³-hybridized carbons (Fsp3) is 0.273. The summed E-state index contributed by atoms with van der Waals surface area (Å²) in [6.07, 6.45) is 1.12. The fourth-order valence-electron chi connectivity index (χ4n) is 3.46. The predicted octanol–water partition coefficient (Wildman–Crippen LogP) is 2.31. The maximum Gasteiger partial charge on any atom is 0.258 e. The number of amides is 2. The van der Waals surface area contributed by atoms with Crippen molar-refractivity contribution >= 4 is 28.4 Å². The summed E-state index contributed by atoms with van der Waals surface area (Å²) in [5, 5.41) is 3.31. The maximum atomic E-state index is 12.9. The number of nitrogens with one attached hydrogen (secondary N) is 2. The lowest BCUT2D eigenvalue weighted by atomic mass is 10.1. The molecule has 1 atom stereocenters. The van der Waals surface area contributed by atoms with Gasteiger partial charge in [0.15, 0.2) is 0 Å². The van der Waals surface area contributed by atoms with E-state index in [1.54, 1.807) is 49.5 Å². The van der Waals surface area contributed by atoms with Gasteiger partial charge in [-0.05, 0) is 43.2 Å². The van der Waals surface area contributed by atoms with Crippen LogP contribution < -0.4 is 10.9 Å². The molecular formula is C22H22N4O4. The van der Waals surface area contributed by atoms with Gasteiger partial charge in [0, 0.05) is 24.9 Å². The van der Waals surface area contributed by atoms with Crippen molar-refractivity contribution in [1.29, 1.82) is 0 Å². The molecule has 1 aliphatic heterocycles. The van der Waals surface area contributed by atoms with Crippen molar-refractivity contribution < 1.29 is 14.3 Å². The Morgan fingerprint density at radius 2 is 2.07 bits per heavy atom. The average Bonchev–Trinajstić information content (AvgIpc) is 3.28. The van der Waals surface area contributed by atoms with Crippen LogP contribution in [0.2, 0.25) is 0 Å². The number of carbonyl (C=O) groups excluding carboxylic acids is 2. The summed E-state index contributed by atoms with van der Waals surface area (Å²) in [4.78, 5) is 45.9. The van der Waals surface area contributed by atoms with Gasteiger partial charge in [-0.2, -0.15) is 0 Å². The number of anilines is 1. The summed E-state index contributed by atoms with van der Waals surface area (Å²) < 4.78 is 5.39. The van der Waals surface area contributed by atoms with Crippen LogP contribution in [0, 0.1) is 0 Å². The van der Waals surface area contributed by atoms with Gasteiger partial charge >= 0.3 is 0 Å². The van der Waals surface area contributed by atoms with E-state index in [1.165, 1.54) is 4.90 Å². The third kappa shape index (κ3) is 4.23. The highest BCUT2D eigenvalue weighted by Crippen LogP contribution is 2.17. The number of benzene rings is 2. The zero-order valence-corrected chi connectivity index (χ0v) is 16.6. The van der Waals surface area contributed by atoms with Crippen LogP contribution in [0.3, 0.4) is 0 Å². The molecule has 0 saturated carbocycles. The van der Waals surface area contributed by atoms with Gasteiger partial charge in [-0.1, -0.05) is 18.2 Å². The summed E-state index contributed by atoms with van der Waals surface area (Å²) in [6, 6.07) is 13.8. The minimum absolute atomic E-state index is 0.144. The van der Waals surface area contributed by atoms with Crippen molar-refractivity contribution in [3.05, 3.63) is 70.3 Å². The number of hydrogen-bond donors (Lipinski definition) is 2. The van der Waals surface area contributed by atoms with Crippen LogP contribution in [0.5, 0.6) is 0 Å². The standard InChI is InChI=1S/C22H22N4O4/c1-26(13-19-24-17-9-3-2-8-16(17)20(27)25-19)22(29)14-6-4-7-15(12-14)23-21(28)18-10-5-11-30-18/h2-4,6-9,12,18H,5,10-11,13H2,1H3,(H,23,28)(H,24,25,27). The first-order valence-corrected chi connectivity index (χ1v) is 9.77. The highest BCUT2D eigenvalue weighted by atomic mass is 16.5. The molecule has 2 amide bonds. The molecule has 2 N–H and O–H groups in total. The molecular weight excluding hydrogens is 384 g/mol. The normalized spacial score (nSPS) is 15.8. The molecule has 0 bridgehead atoms. The lowest BCUT2D eigenvalue weighted by molar-refractivity contribution is -0.124. The topological polar surface area (TPSA) is 104 Å². The number of para-hydroxylation sites is 1. The molecule has 3 aromatic rings. The van der Waals surface area contributed by atoms with Crippen molar-refractivity contribution in [3.8, 4) is 0 Å². The van der Waals surface area contributed by atoms with E-state index in [4.69, 9.17) is 4.74 Å². The second-order valence-corrected chi connectivity index (χ2v) is 7.26. The number of rotatable bonds is 5. The Morgan fingerprint density at radius 3 is 2.87 bits per heavy atom. The van der Waals surface area contributed by atoms with Gasteiger partial charge in [0.2, 0.25) is 0 Å². The largest absolute Gasteiger partial charge is 0.368 e. The van der Waals surface area contributed by atoms with Crippen molar-refractivity contribution in [1.82, 2.24) is 14.9 Å². The molecule has 4 rings (SSSR count). The molecule has 30 heavy (non-hydrogen) atoms. The second kappa shape index (κ2) is 8.46. The van der Waals surface area contributed by atoms with E-state index in [0.29, 0.717) is 41.0 Å². The van der Waals surface area contributed by atoms with Crippen LogP contribution >= 0.6 is 0 Å². The van der Waals surface area contributed by atoms with Gasteiger partial charge in [0.25, 0.3) is 17.4 Å². The van der Waals surface area contributed by atoms with E-state index in [9.17, 15) is 14.4 Å². The monoisotopic (exact) mass is 406 g/mol. The lowest BCUT2D eigenvalue weighted by Gasteiger charge is -2.17. The molecule has 1 aromatic heterocycles. The van der Waals surface area contributed by atoms with Gasteiger partial charge in [-0.15, -0.1) is 0 Å². The summed E-state index contributed by atoms with van der Waals surface area (Å²) in [7, 11) is 1.63. The van der Waals surface area contributed by atoms with Gasteiger partial charge in [0.05, 0.1) is 17.4 Å². The van der Waals surface area contributed by atoms with Gasteiger partial charge in [-0.25, -0.2) is 4.98 Å². The Bertz CT molecular complexity index is 1150. The van der Waals surface area contributed by atoms with Crippen LogP contribution in [-0.4, -0.2) is 46.4 Å². The van der Waals surface area contributed by atoms with E-state index >= 15 is 0 Å². The molecule has 8 heteroatoms. The van der Waals surface area contributed by atoms with Crippen LogP contribution in [-0.2, 0) is 16.1 Å². The zero-order chi connectivity index (χ0) is 21.1. The van der Waals surface area contributed by atoms with Crippen molar-refractivity contribution in [2.75, 3.05) is 19.0 Å². The van der Waals surface area contributed by atoms with Crippen LogP contribution in [0.15, 0.2) is 53.3 Å². The summed E-state index contributed by atoms with van der Waals surface area (Å²) in [5.74, 6) is -0.0557. The number of fused-ring (bicyclic) bond motifs is 1. The van der Waals surface area contributed by atoms with Crippen LogP contribution in [0.1, 0.15) is 29.0 Å². The molecule has 0 aliphatic carbocycles. The third-order valence-corrected chi connectivity index (χ3v) is 4.99. The Hall–Kier alpha value is -3.52. The first kappa shape index (κ1) is 19.8. The molecule has 1 unspecified atom stereocenters. The second-order valence-electron chi connectivity index (χ2n) is 7.26. The minimum Gasteiger partial charge on any atom is -0.368 e. The molecule has 154 valence electrons. The van der Waals surface area contributed by atoms with E-state index in [1.807, 2.05) is 6.07 Å². The van der Waals surface area contributed by atoms with Crippen molar-refractivity contribution in [3.63, 3.8) is 0 Å².